The van der Waals surface area contributed by atoms with Gasteiger partial charge in [-0.3, -0.25) is 14.6 Å². The number of Topliss-reactive ketones (excluding diaryl/α,β-unsaturated/α-hetero) is 1. The Labute approximate surface area is 216 Å². The molecule has 5 rings (SSSR count). The average Bonchev–Trinajstić information content (AvgIpc) is 2.97. The molecule has 2 aliphatic heterocycles. The number of ether oxygens (including phenoxy) is 1. The van der Waals surface area contributed by atoms with E-state index in [9.17, 15) is 9.59 Å². The average molecular weight is 504 g/mol. The molecular weight excluding hydrogens is 474 g/mol. The van der Waals surface area contributed by atoms with E-state index in [2.05, 4.69) is 24.2 Å². The number of ketones is 1. The Balaban J connectivity index is 1.57. The van der Waals surface area contributed by atoms with Crippen molar-refractivity contribution in [2.45, 2.75) is 58.5 Å². The number of carbonyl (C=O) groups is 2. The first-order chi connectivity index (χ1) is 17.2. The summed E-state index contributed by atoms with van der Waals surface area (Å²) >= 11 is 6.69. The molecule has 2 unspecified atom stereocenters. The molecule has 0 fully saturated rings. The van der Waals surface area contributed by atoms with Crippen molar-refractivity contribution in [1.82, 2.24) is 10.2 Å². The number of carbonyl (C=O) groups excluding carboxylic acids is 2. The molecule has 2 aromatic rings. The number of benzene rings is 2. The minimum absolute atomic E-state index is 0.0390. The standard InChI is InChI=1S/C29H30ClN3O3/c1-18(34)33-27(20-11-12-25(21(30)14-20)36-17-19-8-5-4-6-9-19)26-23(15-29(2,3)16-24(26)35)32-22-10-7-13-31-28(22)33/h4-14,22,27-28,32H,15-17H2,1-3H3/t22?,27-,28?/m1/s1. The monoisotopic (exact) mass is 503 g/mol. The SMILES string of the molecule is CC(=O)N1C2N=CC=CC2NC2=C(C(=O)CC(C)(C)C2)[C@H]1c1ccc(OCc2ccccc2)c(Cl)c1. The van der Waals surface area contributed by atoms with Gasteiger partial charge in [0.05, 0.1) is 17.1 Å². The zero-order chi connectivity index (χ0) is 25.4. The van der Waals surface area contributed by atoms with Crippen molar-refractivity contribution < 1.29 is 14.3 Å². The number of halogens is 1. The van der Waals surface area contributed by atoms with Gasteiger partial charge in [-0.2, -0.15) is 0 Å². The lowest BCUT2D eigenvalue weighted by molar-refractivity contribution is -0.133. The molecule has 0 spiro atoms. The number of hydrogen-bond donors (Lipinski definition) is 1. The van der Waals surface area contributed by atoms with Gasteiger partial charge >= 0.3 is 0 Å². The van der Waals surface area contributed by atoms with Crippen LogP contribution >= 0.6 is 11.6 Å². The van der Waals surface area contributed by atoms with Crippen molar-refractivity contribution in [2.24, 2.45) is 10.4 Å². The van der Waals surface area contributed by atoms with Gasteiger partial charge < -0.3 is 15.0 Å². The Morgan fingerprint density at radius 3 is 2.69 bits per heavy atom. The smallest absolute Gasteiger partial charge is 0.222 e. The first-order valence-electron chi connectivity index (χ1n) is 12.2. The predicted octanol–water partition coefficient (Wildman–Crippen LogP) is 5.39. The fraction of sp³-hybridized carbons (Fsp3) is 0.345. The molecule has 3 atom stereocenters. The van der Waals surface area contributed by atoms with E-state index in [1.54, 1.807) is 11.1 Å². The normalized spacial score (nSPS) is 24.5. The Morgan fingerprint density at radius 2 is 1.97 bits per heavy atom. The number of nitrogens with one attached hydrogen (secondary N) is 1. The highest BCUT2D eigenvalue weighted by molar-refractivity contribution is 6.32. The van der Waals surface area contributed by atoms with Crippen molar-refractivity contribution in [3.8, 4) is 5.75 Å². The van der Waals surface area contributed by atoms with Gasteiger partial charge in [0.15, 0.2) is 5.78 Å². The zero-order valence-corrected chi connectivity index (χ0v) is 21.5. The summed E-state index contributed by atoms with van der Waals surface area (Å²) in [5, 5.41) is 3.99. The lowest BCUT2D eigenvalue weighted by Crippen LogP contribution is -2.50. The highest BCUT2D eigenvalue weighted by Gasteiger charge is 2.46. The van der Waals surface area contributed by atoms with E-state index in [1.165, 1.54) is 6.92 Å². The van der Waals surface area contributed by atoms with Crippen LogP contribution in [0.25, 0.3) is 0 Å². The third kappa shape index (κ3) is 4.70. The molecule has 1 N–H and O–H groups in total. The van der Waals surface area contributed by atoms with Gasteiger partial charge in [0.25, 0.3) is 0 Å². The maximum Gasteiger partial charge on any atom is 0.222 e. The molecule has 3 aliphatic rings. The Morgan fingerprint density at radius 1 is 1.19 bits per heavy atom. The van der Waals surface area contributed by atoms with Crippen LogP contribution in [0.2, 0.25) is 5.02 Å². The van der Waals surface area contributed by atoms with Gasteiger partial charge in [-0.05, 0) is 41.2 Å². The first-order valence-corrected chi connectivity index (χ1v) is 12.6. The van der Waals surface area contributed by atoms with Crippen LogP contribution in [0.5, 0.6) is 5.75 Å². The topological polar surface area (TPSA) is 71.0 Å². The van der Waals surface area contributed by atoms with Crippen LogP contribution in [0, 0.1) is 5.41 Å². The van der Waals surface area contributed by atoms with Crippen LogP contribution in [0.3, 0.4) is 0 Å². The predicted molar refractivity (Wildman–Crippen MR) is 141 cm³/mol. The number of nitrogens with zero attached hydrogens (tertiary/aromatic N) is 2. The number of aliphatic imine (C=N–C) groups is 1. The Hall–Kier alpha value is -3.38. The summed E-state index contributed by atoms with van der Waals surface area (Å²) in [7, 11) is 0. The molecule has 1 aliphatic carbocycles. The minimum atomic E-state index is -0.604. The van der Waals surface area contributed by atoms with Crippen LogP contribution in [0.15, 0.2) is 76.9 Å². The third-order valence-corrected chi connectivity index (χ3v) is 7.23. The maximum absolute atomic E-state index is 13.6. The summed E-state index contributed by atoms with van der Waals surface area (Å²) < 4.78 is 5.97. The van der Waals surface area contributed by atoms with Gasteiger partial charge in [0.2, 0.25) is 5.91 Å². The fourth-order valence-corrected chi connectivity index (χ4v) is 5.62. The van der Waals surface area contributed by atoms with Gasteiger partial charge in [-0.15, -0.1) is 0 Å². The van der Waals surface area contributed by atoms with Crippen LogP contribution < -0.4 is 10.1 Å². The van der Waals surface area contributed by atoms with Crippen molar-refractivity contribution >= 4 is 29.5 Å². The largest absolute Gasteiger partial charge is 0.487 e. The number of dihydropyridines is 1. The second-order valence-electron chi connectivity index (χ2n) is 10.4. The molecule has 2 aromatic carbocycles. The zero-order valence-electron chi connectivity index (χ0n) is 20.7. The minimum Gasteiger partial charge on any atom is -0.487 e. The number of amides is 1. The first kappa shape index (κ1) is 24.3. The molecule has 6 nitrogen and oxygen atoms in total. The summed E-state index contributed by atoms with van der Waals surface area (Å²) in [4.78, 5) is 33.1. The number of hydrogen-bond acceptors (Lipinski definition) is 5. The second kappa shape index (κ2) is 9.58. The molecule has 1 amide bonds. The molecule has 0 saturated carbocycles. The third-order valence-electron chi connectivity index (χ3n) is 6.93. The Kier molecular flexibility index (Phi) is 6.47. The lowest BCUT2D eigenvalue weighted by atomic mass is 9.73. The van der Waals surface area contributed by atoms with Crippen molar-refractivity contribution in [1.29, 1.82) is 0 Å². The van der Waals surface area contributed by atoms with E-state index >= 15 is 0 Å². The van der Waals surface area contributed by atoms with Crippen LogP contribution in [-0.4, -0.2) is 35.0 Å². The van der Waals surface area contributed by atoms with E-state index in [1.807, 2.05) is 60.7 Å². The Bertz CT molecular complexity index is 1280. The maximum atomic E-state index is 13.6. The summed E-state index contributed by atoms with van der Waals surface area (Å²) in [6.07, 6.45) is 6.23. The quantitative estimate of drug-likeness (QED) is 0.607. The molecule has 0 radical (unpaired) electrons. The molecule has 36 heavy (non-hydrogen) atoms. The highest BCUT2D eigenvalue weighted by Crippen LogP contribution is 2.46. The van der Waals surface area contributed by atoms with Crippen LogP contribution in [0.1, 0.15) is 50.8 Å². The molecule has 7 heteroatoms. The summed E-state index contributed by atoms with van der Waals surface area (Å²) in [6.45, 7) is 6.11. The van der Waals surface area contributed by atoms with Gasteiger partial charge in [-0.25, -0.2) is 0 Å². The summed E-state index contributed by atoms with van der Waals surface area (Å²) in [5.74, 6) is 0.431. The highest BCUT2D eigenvalue weighted by atomic mass is 35.5. The van der Waals surface area contributed by atoms with Crippen LogP contribution in [-0.2, 0) is 16.2 Å². The number of rotatable bonds is 4. The number of fused-ring (bicyclic) bond motifs is 1. The molecule has 0 bridgehead atoms. The molecule has 2 heterocycles. The molecule has 0 aromatic heterocycles. The van der Waals surface area contributed by atoms with E-state index < -0.39 is 12.2 Å². The summed E-state index contributed by atoms with van der Waals surface area (Å²) in [5.41, 5.74) is 3.12. The lowest BCUT2D eigenvalue weighted by Gasteiger charge is -2.38. The summed E-state index contributed by atoms with van der Waals surface area (Å²) in [6, 6.07) is 14.6. The van der Waals surface area contributed by atoms with Gasteiger partial charge in [0, 0.05) is 30.8 Å². The fourth-order valence-electron chi connectivity index (χ4n) is 5.38. The van der Waals surface area contributed by atoms with E-state index in [-0.39, 0.29) is 23.1 Å². The number of allylic oxidation sites excluding steroid dienone is 2. The van der Waals surface area contributed by atoms with Gasteiger partial charge in [0.1, 0.15) is 18.5 Å². The van der Waals surface area contributed by atoms with E-state index in [4.69, 9.17) is 16.3 Å². The van der Waals surface area contributed by atoms with Crippen molar-refractivity contribution in [3.63, 3.8) is 0 Å². The van der Waals surface area contributed by atoms with Crippen molar-refractivity contribution in [2.75, 3.05) is 0 Å². The molecular formula is C29H30ClN3O3. The van der Waals surface area contributed by atoms with E-state index in [0.717, 1.165) is 16.8 Å². The van der Waals surface area contributed by atoms with Crippen LogP contribution in [0.4, 0.5) is 0 Å². The van der Waals surface area contributed by atoms with E-state index in [0.29, 0.717) is 35.8 Å². The second-order valence-corrected chi connectivity index (χ2v) is 10.8. The van der Waals surface area contributed by atoms with Crippen molar-refractivity contribution in [3.05, 3.63) is 88.1 Å². The van der Waals surface area contributed by atoms with Gasteiger partial charge in [-0.1, -0.05) is 67.9 Å². The molecule has 186 valence electrons. The molecule has 0 saturated heterocycles.